The minimum absolute atomic E-state index is 0.00210. The van der Waals surface area contributed by atoms with E-state index in [4.69, 9.17) is 11.6 Å². The lowest BCUT2D eigenvalue weighted by Gasteiger charge is -2.08. The summed E-state index contributed by atoms with van der Waals surface area (Å²) in [5.74, 6) is -0.303. The van der Waals surface area contributed by atoms with Gasteiger partial charge in [-0.05, 0) is 30.3 Å². The highest BCUT2D eigenvalue weighted by Gasteiger charge is 2.23. The number of nitrogens with zero attached hydrogens (tertiary/aromatic N) is 1. The Bertz CT molecular complexity index is 1150. The van der Waals surface area contributed by atoms with E-state index in [2.05, 4.69) is 4.98 Å². The summed E-state index contributed by atoms with van der Waals surface area (Å²) in [6.45, 7) is 0. The van der Waals surface area contributed by atoms with Gasteiger partial charge in [-0.1, -0.05) is 17.7 Å². The van der Waals surface area contributed by atoms with E-state index in [1.54, 1.807) is 0 Å². The third-order valence-electron chi connectivity index (χ3n) is 3.18. The molecule has 0 aliphatic rings. The molecular weight excluding hydrogens is 344 g/mol. The van der Waals surface area contributed by atoms with Crippen LogP contribution in [-0.4, -0.2) is 22.5 Å². The topological polar surface area (TPSA) is 109 Å². The number of H-pyrrole nitrogens is 1. The minimum Gasteiger partial charge on any atom is -0.508 e. The SMILES string of the molecule is O=c1[nH]c2cc(Cl)ccc2c(=O)n1S(=O)(=O)c1cccc(O)c1. The van der Waals surface area contributed by atoms with Gasteiger partial charge < -0.3 is 10.1 Å². The first-order valence-corrected chi connectivity index (χ1v) is 8.12. The molecule has 2 aromatic carbocycles. The van der Waals surface area contributed by atoms with Crippen molar-refractivity contribution in [1.82, 2.24) is 8.96 Å². The lowest BCUT2D eigenvalue weighted by Crippen LogP contribution is -2.39. The van der Waals surface area contributed by atoms with Crippen molar-refractivity contribution in [2.45, 2.75) is 4.90 Å². The lowest BCUT2D eigenvalue weighted by atomic mass is 10.2. The van der Waals surface area contributed by atoms with Crippen molar-refractivity contribution in [2.75, 3.05) is 0 Å². The second kappa shape index (κ2) is 5.25. The molecule has 23 heavy (non-hydrogen) atoms. The van der Waals surface area contributed by atoms with Crippen molar-refractivity contribution < 1.29 is 13.5 Å². The van der Waals surface area contributed by atoms with Gasteiger partial charge in [0.1, 0.15) is 5.75 Å². The molecule has 0 unspecified atom stereocenters. The van der Waals surface area contributed by atoms with E-state index < -0.39 is 21.3 Å². The largest absolute Gasteiger partial charge is 0.508 e. The van der Waals surface area contributed by atoms with Crippen LogP contribution in [0.2, 0.25) is 5.02 Å². The first-order chi connectivity index (χ1) is 10.8. The molecule has 0 spiro atoms. The van der Waals surface area contributed by atoms with E-state index in [-0.39, 0.29) is 25.5 Å². The monoisotopic (exact) mass is 352 g/mol. The smallest absolute Gasteiger partial charge is 0.343 e. The van der Waals surface area contributed by atoms with Crippen molar-refractivity contribution in [1.29, 1.82) is 0 Å². The molecule has 1 aromatic heterocycles. The highest BCUT2D eigenvalue weighted by atomic mass is 35.5. The zero-order valence-corrected chi connectivity index (χ0v) is 12.9. The summed E-state index contributed by atoms with van der Waals surface area (Å²) in [6, 6.07) is 8.78. The number of phenolic OH excluding ortho intramolecular Hbond substituents is 1. The van der Waals surface area contributed by atoms with E-state index in [0.717, 1.165) is 6.07 Å². The van der Waals surface area contributed by atoms with Crippen molar-refractivity contribution in [2.24, 2.45) is 0 Å². The van der Waals surface area contributed by atoms with Crippen molar-refractivity contribution >= 4 is 32.5 Å². The first-order valence-electron chi connectivity index (χ1n) is 6.30. The number of aromatic hydroxyl groups is 1. The number of aromatic amines is 1. The van der Waals surface area contributed by atoms with Crippen LogP contribution in [0.1, 0.15) is 0 Å². The van der Waals surface area contributed by atoms with Crippen LogP contribution in [-0.2, 0) is 10.0 Å². The summed E-state index contributed by atoms with van der Waals surface area (Å²) in [6.07, 6.45) is 0. The Morgan fingerprint density at radius 1 is 1.09 bits per heavy atom. The van der Waals surface area contributed by atoms with Gasteiger partial charge in [0.25, 0.3) is 15.6 Å². The van der Waals surface area contributed by atoms with Crippen LogP contribution in [0.25, 0.3) is 10.9 Å². The third kappa shape index (κ3) is 2.51. The van der Waals surface area contributed by atoms with Crippen LogP contribution in [0.4, 0.5) is 0 Å². The number of phenols is 1. The number of hydrogen-bond donors (Lipinski definition) is 2. The molecule has 3 aromatic rings. The Morgan fingerprint density at radius 2 is 1.83 bits per heavy atom. The van der Waals surface area contributed by atoms with Crippen LogP contribution in [0, 0.1) is 0 Å². The summed E-state index contributed by atoms with van der Waals surface area (Å²) in [5.41, 5.74) is -1.98. The molecule has 0 atom stereocenters. The van der Waals surface area contributed by atoms with E-state index in [0.29, 0.717) is 5.02 Å². The molecule has 0 bridgehead atoms. The van der Waals surface area contributed by atoms with Gasteiger partial charge in [0.2, 0.25) is 0 Å². The van der Waals surface area contributed by atoms with Gasteiger partial charge in [0.05, 0.1) is 15.8 Å². The van der Waals surface area contributed by atoms with Gasteiger partial charge in [0.15, 0.2) is 0 Å². The molecule has 118 valence electrons. The summed E-state index contributed by atoms with van der Waals surface area (Å²) in [7, 11) is -4.46. The van der Waals surface area contributed by atoms with E-state index >= 15 is 0 Å². The van der Waals surface area contributed by atoms with E-state index in [9.17, 15) is 23.1 Å². The van der Waals surface area contributed by atoms with Crippen molar-refractivity contribution in [3.63, 3.8) is 0 Å². The highest BCUT2D eigenvalue weighted by molar-refractivity contribution is 7.90. The Morgan fingerprint density at radius 3 is 2.52 bits per heavy atom. The molecule has 9 heteroatoms. The quantitative estimate of drug-likeness (QED) is 0.722. The average molecular weight is 353 g/mol. The van der Waals surface area contributed by atoms with Crippen LogP contribution in [0.3, 0.4) is 0 Å². The van der Waals surface area contributed by atoms with Gasteiger partial charge in [-0.2, -0.15) is 0 Å². The van der Waals surface area contributed by atoms with Gasteiger partial charge in [-0.25, -0.2) is 13.2 Å². The number of benzene rings is 2. The van der Waals surface area contributed by atoms with Crippen LogP contribution in [0.5, 0.6) is 5.75 Å². The van der Waals surface area contributed by atoms with Gasteiger partial charge in [0, 0.05) is 11.1 Å². The number of nitrogens with one attached hydrogen (secondary N) is 1. The maximum atomic E-state index is 12.5. The molecule has 0 amide bonds. The fraction of sp³-hybridized carbons (Fsp3) is 0. The summed E-state index contributed by atoms with van der Waals surface area (Å²) >= 11 is 5.79. The maximum absolute atomic E-state index is 12.5. The fourth-order valence-electron chi connectivity index (χ4n) is 2.14. The standard InChI is InChI=1S/C14H9ClN2O5S/c15-8-4-5-11-12(6-8)16-14(20)17(13(11)19)23(21,22)10-3-1-2-9(18)7-10/h1-7,18H,(H,16,20). The molecule has 0 fully saturated rings. The zero-order valence-electron chi connectivity index (χ0n) is 11.4. The fourth-order valence-corrected chi connectivity index (χ4v) is 3.63. The van der Waals surface area contributed by atoms with Crippen molar-refractivity contribution in [3.8, 4) is 5.75 Å². The Balaban J connectivity index is 2.39. The maximum Gasteiger partial charge on any atom is 0.343 e. The Labute approximate surface area is 134 Å². The molecule has 0 aliphatic carbocycles. The second-order valence-corrected chi connectivity index (χ2v) is 6.92. The highest BCUT2D eigenvalue weighted by Crippen LogP contribution is 2.18. The van der Waals surface area contributed by atoms with Gasteiger partial charge in [-0.15, -0.1) is 3.97 Å². The Kier molecular flexibility index (Phi) is 3.50. The summed E-state index contributed by atoms with van der Waals surface area (Å²) in [4.78, 5) is 26.5. The van der Waals surface area contributed by atoms with Gasteiger partial charge in [-0.3, -0.25) is 4.79 Å². The molecule has 1 heterocycles. The average Bonchev–Trinajstić information content (AvgIpc) is 2.46. The summed E-state index contributed by atoms with van der Waals surface area (Å²) in [5, 5.41) is 9.70. The second-order valence-electron chi connectivity index (χ2n) is 4.69. The molecule has 0 radical (unpaired) electrons. The normalized spacial score (nSPS) is 11.7. The Hall–Kier alpha value is -2.58. The van der Waals surface area contributed by atoms with Gasteiger partial charge >= 0.3 is 5.69 Å². The third-order valence-corrected chi connectivity index (χ3v) is 5.08. The molecular formula is C14H9ClN2O5S. The van der Waals surface area contributed by atoms with E-state index in [1.807, 2.05) is 0 Å². The molecule has 0 saturated heterocycles. The number of hydrogen-bond acceptors (Lipinski definition) is 5. The van der Waals surface area contributed by atoms with Crippen LogP contribution >= 0.6 is 11.6 Å². The number of fused-ring (bicyclic) bond motifs is 1. The number of halogens is 1. The minimum atomic E-state index is -4.46. The predicted molar refractivity (Wildman–Crippen MR) is 84.5 cm³/mol. The molecule has 0 aliphatic heterocycles. The number of aromatic nitrogens is 2. The predicted octanol–water partition coefficient (Wildman–Crippen LogP) is 1.29. The van der Waals surface area contributed by atoms with E-state index in [1.165, 1.54) is 36.4 Å². The molecule has 2 N–H and O–H groups in total. The molecule has 7 nitrogen and oxygen atoms in total. The van der Waals surface area contributed by atoms with Crippen molar-refractivity contribution in [3.05, 3.63) is 68.3 Å². The number of rotatable bonds is 2. The summed E-state index contributed by atoms with van der Waals surface area (Å²) < 4.78 is 25.2. The first kappa shape index (κ1) is 15.3. The lowest BCUT2D eigenvalue weighted by molar-refractivity contribution is 0.473. The molecule has 3 rings (SSSR count). The molecule has 0 saturated carbocycles. The zero-order chi connectivity index (χ0) is 16.8. The van der Waals surface area contributed by atoms with Crippen LogP contribution in [0.15, 0.2) is 56.9 Å². The van der Waals surface area contributed by atoms with Crippen LogP contribution < -0.4 is 11.2 Å².